The van der Waals surface area contributed by atoms with Gasteiger partial charge in [-0.3, -0.25) is 9.59 Å². The Morgan fingerprint density at radius 3 is 2.91 bits per heavy atom. The summed E-state index contributed by atoms with van der Waals surface area (Å²) in [7, 11) is 1.86. The first-order chi connectivity index (χ1) is 11.2. The molecule has 1 saturated carbocycles. The molecule has 2 aromatic rings. The van der Waals surface area contributed by atoms with Gasteiger partial charge in [0.15, 0.2) is 0 Å². The monoisotopic (exact) mass is 329 g/mol. The van der Waals surface area contributed by atoms with Crippen molar-refractivity contribution in [1.29, 1.82) is 0 Å². The van der Waals surface area contributed by atoms with Gasteiger partial charge in [0.05, 0.1) is 5.88 Å². The molecule has 2 amide bonds. The van der Waals surface area contributed by atoms with Gasteiger partial charge >= 0.3 is 0 Å². The van der Waals surface area contributed by atoms with E-state index in [0.717, 1.165) is 23.7 Å². The fraction of sp³-hybridized carbons (Fsp3) is 0.412. The number of hydrogen-bond donors (Lipinski definition) is 1. The number of carbonyl (C=O) groups is 2. The Balaban J connectivity index is 1.62. The molecule has 1 N–H and O–H groups in total. The number of likely N-dealkylation sites (N-methyl/N-ethyl adjacent to an activating group) is 1. The van der Waals surface area contributed by atoms with Gasteiger partial charge in [-0.2, -0.15) is 0 Å². The zero-order valence-electron chi connectivity index (χ0n) is 13.0. The number of nitrogens with one attached hydrogen (secondary N) is 1. The van der Waals surface area contributed by atoms with Crippen LogP contribution in [0.4, 0.5) is 0 Å². The number of carbonyl (C=O) groups excluding carboxylic acids is 2. The minimum Gasteiger partial charge on any atom is -0.361 e. The van der Waals surface area contributed by atoms with Gasteiger partial charge in [-0.05, 0) is 31.0 Å². The van der Waals surface area contributed by atoms with E-state index in [4.69, 9.17) is 0 Å². The summed E-state index contributed by atoms with van der Waals surface area (Å²) in [4.78, 5) is 32.4. The van der Waals surface area contributed by atoms with Crippen LogP contribution in [0.5, 0.6) is 0 Å². The number of H-pyrrole nitrogens is 1. The lowest BCUT2D eigenvalue weighted by molar-refractivity contribution is -0.134. The quantitative estimate of drug-likeness (QED) is 0.940. The Labute approximate surface area is 139 Å². The van der Waals surface area contributed by atoms with Gasteiger partial charge < -0.3 is 14.8 Å². The number of amides is 2. The number of aromatic amines is 1. The van der Waals surface area contributed by atoms with Crippen molar-refractivity contribution in [2.45, 2.75) is 24.9 Å². The van der Waals surface area contributed by atoms with Crippen molar-refractivity contribution in [3.63, 3.8) is 0 Å². The first-order valence-electron chi connectivity index (χ1n) is 7.88. The topological polar surface area (TPSA) is 56.4 Å². The average molecular weight is 329 g/mol. The Kier molecular flexibility index (Phi) is 3.56. The molecule has 0 spiro atoms. The van der Waals surface area contributed by atoms with Crippen LogP contribution in [-0.2, 0) is 4.79 Å². The molecular formula is C17H19N3O2S. The molecule has 4 rings (SSSR count). The summed E-state index contributed by atoms with van der Waals surface area (Å²) in [6.45, 7) is 0. The molecule has 1 aromatic carbocycles. The van der Waals surface area contributed by atoms with Crippen LogP contribution in [0.1, 0.15) is 23.2 Å². The zero-order valence-corrected chi connectivity index (χ0v) is 13.8. The van der Waals surface area contributed by atoms with Crippen molar-refractivity contribution in [1.82, 2.24) is 14.8 Å². The highest BCUT2D eigenvalue weighted by atomic mass is 32.2. The molecule has 2 heterocycles. The third-order valence-electron chi connectivity index (χ3n) is 4.70. The molecule has 1 saturated heterocycles. The SMILES string of the molecule is CN(C(=O)[C@@H]1CSCN1C(=O)c1cccc2[nH]ccc12)C1CC1. The first-order valence-corrected chi connectivity index (χ1v) is 9.04. The van der Waals surface area contributed by atoms with Crippen molar-refractivity contribution in [2.24, 2.45) is 0 Å². The Hall–Kier alpha value is -1.95. The maximum atomic E-state index is 13.0. The molecular weight excluding hydrogens is 310 g/mol. The minimum absolute atomic E-state index is 0.0530. The number of rotatable bonds is 3. The van der Waals surface area contributed by atoms with Crippen LogP contribution in [0.3, 0.4) is 0 Å². The van der Waals surface area contributed by atoms with Crippen molar-refractivity contribution in [3.8, 4) is 0 Å². The van der Waals surface area contributed by atoms with E-state index in [1.54, 1.807) is 16.7 Å². The predicted octanol–water partition coefficient (Wildman–Crippen LogP) is 2.30. The van der Waals surface area contributed by atoms with Crippen molar-refractivity contribution < 1.29 is 9.59 Å². The van der Waals surface area contributed by atoms with Gasteiger partial charge in [-0.25, -0.2) is 0 Å². The number of benzene rings is 1. The molecule has 0 unspecified atom stereocenters. The molecule has 0 bridgehead atoms. The number of aromatic nitrogens is 1. The molecule has 23 heavy (non-hydrogen) atoms. The molecule has 1 aromatic heterocycles. The van der Waals surface area contributed by atoms with E-state index in [1.807, 2.05) is 42.4 Å². The molecule has 1 aliphatic heterocycles. The minimum atomic E-state index is -0.340. The second kappa shape index (κ2) is 5.60. The van der Waals surface area contributed by atoms with E-state index in [0.29, 0.717) is 23.2 Å². The van der Waals surface area contributed by atoms with E-state index >= 15 is 0 Å². The summed E-state index contributed by atoms with van der Waals surface area (Å²) < 4.78 is 0. The van der Waals surface area contributed by atoms with Crippen LogP contribution >= 0.6 is 11.8 Å². The van der Waals surface area contributed by atoms with Crippen LogP contribution < -0.4 is 0 Å². The maximum absolute atomic E-state index is 13.0. The van der Waals surface area contributed by atoms with E-state index in [9.17, 15) is 9.59 Å². The predicted molar refractivity (Wildman–Crippen MR) is 91.4 cm³/mol. The molecule has 2 aliphatic rings. The zero-order chi connectivity index (χ0) is 16.0. The van der Waals surface area contributed by atoms with Crippen molar-refractivity contribution >= 4 is 34.5 Å². The van der Waals surface area contributed by atoms with Crippen LogP contribution in [0, 0.1) is 0 Å². The number of nitrogens with zero attached hydrogens (tertiary/aromatic N) is 2. The smallest absolute Gasteiger partial charge is 0.255 e. The molecule has 1 aliphatic carbocycles. The third kappa shape index (κ3) is 2.51. The lowest BCUT2D eigenvalue weighted by Gasteiger charge is -2.27. The van der Waals surface area contributed by atoms with E-state index < -0.39 is 0 Å². The first kappa shape index (κ1) is 14.6. The lowest BCUT2D eigenvalue weighted by Crippen LogP contribution is -2.48. The summed E-state index contributed by atoms with van der Waals surface area (Å²) in [5.41, 5.74) is 1.61. The summed E-state index contributed by atoms with van der Waals surface area (Å²) in [5.74, 6) is 1.29. The molecule has 0 radical (unpaired) electrons. The second-order valence-electron chi connectivity index (χ2n) is 6.22. The van der Waals surface area contributed by atoms with E-state index in [2.05, 4.69) is 4.98 Å². The molecule has 120 valence electrons. The van der Waals surface area contributed by atoms with Gasteiger partial charge in [0.2, 0.25) is 5.91 Å². The normalized spacial score (nSPS) is 20.9. The fourth-order valence-corrected chi connectivity index (χ4v) is 4.30. The summed E-state index contributed by atoms with van der Waals surface area (Å²) in [6, 6.07) is 7.62. The van der Waals surface area contributed by atoms with E-state index in [-0.39, 0.29) is 17.9 Å². The molecule has 2 fully saturated rings. The van der Waals surface area contributed by atoms with E-state index in [1.165, 1.54) is 0 Å². The standard InChI is InChI=1S/C17H19N3O2S/c1-19(11-5-6-11)17(22)15-9-23-10-20(15)16(21)13-3-2-4-14-12(13)7-8-18-14/h2-4,7-8,11,15,18H,5-6,9-10H2,1H3/t15-/m0/s1. The highest BCUT2D eigenvalue weighted by molar-refractivity contribution is 7.99. The maximum Gasteiger partial charge on any atom is 0.255 e. The summed E-state index contributed by atoms with van der Waals surface area (Å²) >= 11 is 1.65. The summed E-state index contributed by atoms with van der Waals surface area (Å²) in [6.07, 6.45) is 4.00. The van der Waals surface area contributed by atoms with Crippen LogP contribution in [0.15, 0.2) is 30.5 Å². The third-order valence-corrected chi connectivity index (χ3v) is 5.71. The Bertz CT molecular complexity index is 768. The fourth-order valence-electron chi connectivity index (χ4n) is 3.15. The second-order valence-corrected chi connectivity index (χ2v) is 7.22. The lowest BCUT2D eigenvalue weighted by atomic mass is 10.1. The number of fused-ring (bicyclic) bond motifs is 1. The highest BCUT2D eigenvalue weighted by Crippen LogP contribution is 2.30. The highest BCUT2D eigenvalue weighted by Gasteiger charge is 2.40. The van der Waals surface area contributed by atoms with Gasteiger partial charge in [0.1, 0.15) is 6.04 Å². The summed E-state index contributed by atoms with van der Waals surface area (Å²) in [5, 5.41) is 0.913. The van der Waals surface area contributed by atoms with Crippen molar-refractivity contribution in [2.75, 3.05) is 18.7 Å². The van der Waals surface area contributed by atoms with Gasteiger partial charge in [0.25, 0.3) is 5.91 Å². The Morgan fingerprint density at radius 1 is 1.30 bits per heavy atom. The van der Waals surface area contributed by atoms with Crippen LogP contribution in [0.2, 0.25) is 0 Å². The largest absolute Gasteiger partial charge is 0.361 e. The molecule has 1 atom stereocenters. The number of thioether (sulfide) groups is 1. The van der Waals surface area contributed by atoms with Crippen LogP contribution in [-0.4, -0.2) is 57.4 Å². The van der Waals surface area contributed by atoms with Crippen molar-refractivity contribution in [3.05, 3.63) is 36.0 Å². The molecule has 6 heteroatoms. The van der Waals surface area contributed by atoms with Gasteiger partial charge in [0, 0.05) is 41.5 Å². The Morgan fingerprint density at radius 2 is 2.13 bits per heavy atom. The molecule has 5 nitrogen and oxygen atoms in total. The number of hydrogen-bond acceptors (Lipinski definition) is 3. The van der Waals surface area contributed by atoms with Gasteiger partial charge in [-0.1, -0.05) is 6.07 Å². The van der Waals surface area contributed by atoms with Crippen LogP contribution in [0.25, 0.3) is 10.9 Å². The average Bonchev–Trinajstić information content (AvgIpc) is 3.11. The van der Waals surface area contributed by atoms with Gasteiger partial charge in [-0.15, -0.1) is 11.8 Å².